The number of rotatable bonds is 4. The first kappa shape index (κ1) is 14.6. The third-order valence-electron chi connectivity index (χ3n) is 2.64. The maximum Gasteiger partial charge on any atom is 0.256 e. The van der Waals surface area contributed by atoms with Gasteiger partial charge in [0.05, 0.1) is 12.8 Å². The van der Waals surface area contributed by atoms with Crippen molar-refractivity contribution in [3.63, 3.8) is 0 Å². The predicted octanol–water partition coefficient (Wildman–Crippen LogP) is 2.20. The van der Waals surface area contributed by atoms with Gasteiger partial charge < -0.3 is 19.9 Å². The summed E-state index contributed by atoms with van der Waals surface area (Å²) in [5.74, 6) is 0.780. The Bertz CT molecular complexity index is 679. The summed E-state index contributed by atoms with van der Waals surface area (Å²) >= 11 is 0. The Morgan fingerprint density at radius 2 is 2.00 bits per heavy atom. The monoisotopic (exact) mass is 289 g/mol. The van der Waals surface area contributed by atoms with Crippen LogP contribution in [0, 0.1) is 6.92 Å². The second kappa shape index (κ2) is 6.08. The number of methoxy groups -OCH3 is 1. The van der Waals surface area contributed by atoms with Gasteiger partial charge in [0.2, 0.25) is 5.91 Å². The number of aryl methyl sites for hydroxylation is 1. The van der Waals surface area contributed by atoms with Gasteiger partial charge in [-0.15, -0.1) is 0 Å². The van der Waals surface area contributed by atoms with Crippen LogP contribution >= 0.6 is 0 Å². The normalized spacial score (nSPS) is 10.0. The van der Waals surface area contributed by atoms with E-state index in [-0.39, 0.29) is 11.8 Å². The van der Waals surface area contributed by atoms with E-state index in [4.69, 9.17) is 9.26 Å². The average molecular weight is 289 g/mol. The molecule has 7 nitrogen and oxygen atoms in total. The molecule has 2 rings (SSSR count). The van der Waals surface area contributed by atoms with Crippen LogP contribution in [0.5, 0.6) is 5.75 Å². The summed E-state index contributed by atoms with van der Waals surface area (Å²) in [6, 6.07) is 6.33. The lowest BCUT2D eigenvalue weighted by molar-refractivity contribution is -0.114. The van der Waals surface area contributed by atoms with E-state index in [1.54, 1.807) is 25.1 Å². The Morgan fingerprint density at radius 1 is 1.24 bits per heavy atom. The molecule has 0 radical (unpaired) electrons. The molecule has 2 amide bonds. The van der Waals surface area contributed by atoms with E-state index >= 15 is 0 Å². The van der Waals surface area contributed by atoms with E-state index in [0.29, 0.717) is 28.6 Å². The minimum absolute atomic E-state index is 0.252. The minimum Gasteiger partial charge on any atom is -0.495 e. The van der Waals surface area contributed by atoms with Crippen LogP contribution in [0.3, 0.4) is 0 Å². The summed E-state index contributed by atoms with van der Waals surface area (Å²) in [5, 5.41) is 8.89. The first-order valence-electron chi connectivity index (χ1n) is 6.20. The number of carbonyl (C=O) groups is 2. The first-order valence-corrected chi connectivity index (χ1v) is 6.20. The lowest BCUT2D eigenvalue weighted by Gasteiger charge is -2.10. The zero-order chi connectivity index (χ0) is 15.4. The molecule has 0 unspecified atom stereocenters. The van der Waals surface area contributed by atoms with Crippen molar-refractivity contribution >= 4 is 23.3 Å². The number of nitrogens with one attached hydrogen (secondary N) is 2. The maximum atomic E-state index is 12.1. The number of ether oxygens (including phenoxy) is 1. The molecule has 0 fully saturated rings. The van der Waals surface area contributed by atoms with Crippen LogP contribution in [0.15, 0.2) is 28.8 Å². The van der Waals surface area contributed by atoms with Crippen molar-refractivity contribution in [3.8, 4) is 5.75 Å². The number of amides is 2. The Hall–Kier alpha value is -2.83. The smallest absolute Gasteiger partial charge is 0.256 e. The van der Waals surface area contributed by atoms with E-state index in [1.807, 2.05) is 0 Å². The summed E-state index contributed by atoms with van der Waals surface area (Å²) in [4.78, 5) is 23.3. The van der Waals surface area contributed by atoms with Gasteiger partial charge in [-0.05, 0) is 25.1 Å². The van der Waals surface area contributed by atoms with E-state index < -0.39 is 0 Å². The highest BCUT2D eigenvalue weighted by Crippen LogP contribution is 2.25. The van der Waals surface area contributed by atoms with Gasteiger partial charge in [-0.2, -0.15) is 0 Å². The van der Waals surface area contributed by atoms with Crippen molar-refractivity contribution < 1.29 is 18.8 Å². The standard InChI is InChI=1S/C14H15N3O4/c1-8-6-13(17-21-8)16-14(19)10-4-5-12(20-3)11(7-10)15-9(2)18/h4-7H,1-3H3,(H,15,18)(H,16,17,19). The van der Waals surface area contributed by atoms with Crippen LogP contribution < -0.4 is 15.4 Å². The molecule has 1 aromatic carbocycles. The van der Waals surface area contributed by atoms with Gasteiger partial charge in [0.15, 0.2) is 5.82 Å². The van der Waals surface area contributed by atoms with Crippen molar-refractivity contribution in [1.82, 2.24) is 5.16 Å². The fourth-order valence-electron chi connectivity index (χ4n) is 1.75. The van der Waals surface area contributed by atoms with Gasteiger partial charge in [-0.25, -0.2) is 0 Å². The molecule has 21 heavy (non-hydrogen) atoms. The van der Waals surface area contributed by atoms with Gasteiger partial charge in [-0.1, -0.05) is 5.16 Å². The maximum absolute atomic E-state index is 12.1. The number of anilines is 2. The van der Waals surface area contributed by atoms with Crippen molar-refractivity contribution in [2.45, 2.75) is 13.8 Å². The first-order chi connectivity index (χ1) is 9.99. The third kappa shape index (κ3) is 3.59. The number of carbonyl (C=O) groups excluding carboxylic acids is 2. The largest absolute Gasteiger partial charge is 0.495 e. The molecule has 0 aliphatic heterocycles. The van der Waals surface area contributed by atoms with Crippen LogP contribution in [-0.4, -0.2) is 24.1 Å². The summed E-state index contributed by atoms with van der Waals surface area (Å²) in [6.45, 7) is 3.11. The van der Waals surface area contributed by atoms with E-state index in [1.165, 1.54) is 20.1 Å². The molecule has 0 aliphatic carbocycles. The van der Waals surface area contributed by atoms with Crippen molar-refractivity contribution in [2.24, 2.45) is 0 Å². The molecular weight excluding hydrogens is 274 g/mol. The predicted molar refractivity (Wildman–Crippen MR) is 76.5 cm³/mol. The van der Waals surface area contributed by atoms with Gasteiger partial charge in [0.25, 0.3) is 5.91 Å². The molecule has 1 heterocycles. The number of aromatic nitrogens is 1. The topological polar surface area (TPSA) is 93.5 Å². The lowest BCUT2D eigenvalue weighted by Crippen LogP contribution is -2.14. The van der Waals surface area contributed by atoms with Crippen LogP contribution in [0.1, 0.15) is 23.0 Å². The Kier molecular flexibility index (Phi) is 4.22. The molecule has 2 aromatic rings. The van der Waals surface area contributed by atoms with Crippen LogP contribution in [-0.2, 0) is 4.79 Å². The van der Waals surface area contributed by atoms with Gasteiger partial charge in [0, 0.05) is 18.6 Å². The van der Waals surface area contributed by atoms with Crippen LogP contribution in [0.2, 0.25) is 0 Å². The number of nitrogens with zero attached hydrogens (tertiary/aromatic N) is 1. The molecule has 0 spiro atoms. The van der Waals surface area contributed by atoms with Gasteiger partial charge in [0.1, 0.15) is 11.5 Å². The molecule has 7 heteroatoms. The molecule has 110 valence electrons. The molecule has 0 atom stereocenters. The molecule has 0 saturated heterocycles. The van der Waals surface area contributed by atoms with Crippen molar-refractivity contribution in [2.75, 3.05) is 17.7 Å². The summed E-state index contributed by atoms with van der Waals surface area (Å²) in [7, 11) is 1.48. The minimum atomic E-state index is -0.363. The lowest BCUT2D eigenvalue weighted by atomic mass is 10.1. The molecule has 0 saturated carbocycles. The summed E-state index contributed by atoms with van der Waals surface area (Å²) < 4.78 is 10.0. The SMILES string of the molecule is COc1ccc(C(=O)Nc2cc(C)on2)cc1NC(C)=O. The Balaban J connectivity index is 2.22. The number of hydrogen-bond donors (Lipinski definition) is 2. The summed E-state index contributed by atoms with van der Waals surface area (Å²) in [6.07, 6.45) is 0. The fraction of sp³-hybridized carbons (Fsp3) is 0.214. The molecular formula is C14H15N3O4. The highest BCUT2D eigenvalue weighted by molar-refractivity contribution is 6.05. The van der Waals surface area contributed by atoms with Gasteiger partial charge in [-0.3, -0.25) is 9.59 Å². The second-order valence-corrected chi connectivity index (χ2v) is 4.37. The highest BCUT2D eigenvalue weighted by atomic mass is 16.5. The van der Waals surface area contributed by atoms with Crippen LogP contribution in [0.4, 0.5) is 11.5 Å². The average Bonchev–Trinajstić information content (AvgIpc) is 2.83. The van der Waals surface area contributed by atoms with E-state index in [9.17, 15) is 9.59 Å². The Morgan fingerprint density at radius 3 is 2.57 bits per heavy atom. The van der Waals surface area contributed by atoms with Gasteiger partial charge >= 0.3 is 0 Å². The van der Waals surface area contributed by atoms with E-state index in [2.05, 4.69) is 15.8 Å². The van der Waals surface area contributed by atoms with Crippen molar-refractivity contribution in [1.29, 1.82) is 0 Å². The summed E-state index contributed by atoms with van der Waals surface area (Å²) in [5.41, 5.74) is 0.786. The Labute approximate surface area is 121 Å². The van der Waals surface area contributed by atoms with E-state index in [0.717, 1.165) is 0 Å². The molecule has 2 N–H and O–H groups in total. The second-order valence-electron chi connectivity index (χ2n) is 4.37. The van der Waals surface area contributed by atoms with Crippen molar-refractivity contribution in [3.05, 3.63) is 35.6 Å². The number of hydrogen-bond acceptors (Lipinski definition) is 5. The highest BCUT2D eigenvalue weighted by Gasteiger charge is 2.12. The third-order valence-corrected chi connectivity index (χ3v) is 2.64. The molecule has 0 bridgehead atoms. The zero-order valence-corrected chi connectivity index (χ0v) is 11.9. The molecule has 0 aliphatic rings. The fourth-order valence-corrected chi connectivity index (χ4v) is 1.75. The zero-order valence-electron chi connectivity index (χ0n) is 11.9. The van der Waals surface area contributed by atoms with Crippen LogP contribution in [0.25, 0.3) is 0 Å². The molecule has 1 aromatic heterocycles. The quantitative estimate of drug-likeness (QED) is 0.900. The number of benzene rings is 1.